The molecule has 3 heterocycles. The van der Waals surface area contributed by atoms with E-state index >= 15 is 0 Å². The number of aliphatic imine (C=N–C) groups is 1. The number of rotatable bonds is 3. The molecular formula is C16H27N5. The molecule has 2 N–H and O–H groups in total. The third-order valence-corrected chi connectivity index (χ3v) is 4.58. The van der Waals surface area contributed by atoms with Crippen LogP contribution in [0.15, 0.2) is 11.2 Å². The highest BCUT2D eigenvalue weighted by Gasteiger charge is 2.17. The molecule has 21 heavy (non-hydrogen) atoms. The van der Waals surface area contributed by atoms with Crippen LogP contribution in [-0.4, -0.2) is 40.0 Å². The number of piperidine rings is 1. The smallest absolute Gasteiger partial charge is 0.191 e. The van der Waals surface area contributed by atoms with Crippen LogP contribution in [0.5, 0.6) is 0 Å². The summed E-state index contributed by atoms with van der Waals surface area (Å²) in [6.07, 6.45) is 9.30. The Hall–Kier alpha value is -1.52. The van der Waals surface area contributed by atoms with Crippen LogP contribution >= 0.6 is 0 Å². The standard InChI is InChI=1S/C16H27N5/c1-13-5-4-10-21(11-13)16(17)18-8-7-14-12-20-9-3-2-6-15(20)19-14/h12-13H,2-11H2,1H3,(H2,17,18). The van der Waals surface area contributed by atoms with Crippen molar-refractivity contribution in [3.8, 4) is 0 Å². The van der Waals surface area contributed by atoms with Crippen LogP contribution in [-0.2, 0) is 19.4 Å². The molecule has 0 aromatic carbocycles. The summed E-state index contributed by atoms with van der Waals surface area (Å²) >= 11 is 0. The molecule has 0 aliphatic carbocycles. The number of nitrogens with two attached hydrogens (primary N) is 1. The van der Waals surface area contributed by atoms with Gasteiger partial charge < -0.3 is 15.2 Å². The number of likely N-dealkylation sites (tertiary alicyclic amines) is 1. The van der Waals surface area contributed by atoms with Crippen molar-refractivity contribution in [2.24, 2.45) is 16.6 Å². The van der Waals surface area contributed by atoms with Crippen molar-refractivity contribution in [3.05, 3.63) is 17.7 Å². The van der Waals surface area contributed by atoms with E-state index in [1.807, 2.05) is 0 Å². The quantitative estimate of drug-likeness (QED) is 0.682. The molecule has 1 aromatic rings. The minimum absolute atomic E-state index is 0.713. The lowest BCUT2D eigenvalue weighted by Gasteiger charge is -2.31. The van der Waals surface area contributed by atoms with E-state index in [1.165, 1.54) is 31.5 Å². The number of hydrogen-bond donors (Lipinski definition) is 1. The molecule has 116 valence electrons. The Labute approximate surface area is 127 Å². The second kappa shape index (κ2) is 6.50. The zero-order chi connectivity index (χ0) is 14.7. The van der Waals surface area contributed by atoms with Crippen LogP contribution in [0.4, 0.5) is 0 Å². The second-order valence-electron chi connectivity index (χ2n) is 6.48. The van der Waals surface area contributed by atoms with Gasteiger partial charge in [0.05, 0.1) is 5.69 Å². The number of aromatic nitrogens is 2. The van der Waals surface area contributed by atoms with Gasteiger partial charge in [-0.25, -0.2) is 4.98 Å². The molecule has 2 aliphatic rings. The largest absolute Gasteiger partial charge is 0.370 e. The Morgan fingerprint density at radius 1 is 1.38 bits per heavy atom. The maximum absolute atomic E-state index is 6.12. The van der Waals surface area contributed by atoms with Gasteiger partial charge in [0.25, 0.3) is 0 Å². The van der Waals surface area contributed by atoms with Crippen molar-refractivity contribution >= 4 is 5.96 Å². The molecule has 0 amide bonds. The number of aryl methyl sites for hydroxylation is 2. The summed E-state index contributed by atoms with van der Waals surface area (Å²) in [5.41, 5.74) is 7.29. The Bertz CT molecular complexity index is 481. The van der Waals surface area contributed by atoms with E-state index in [2.05, 4.69) is 27.6 Å². The number of guanidine groups is 1. The molecule has 5 nitrogen and oxygen atoms in total. The predicted octanol–water partition coefficient (Wildman–Crippen LogP) is 1.81. The van der Waals surface area contributed by atoms with Gasteiger partial charge in [-0.1, -0.05) is 6.92 Å². The third kappa shape index (κ3) is 3.57. The first-order valence-corrected chi connectivity index (χ1v) is 8.32. The highest BCUT2D eigenvalue weighted by atomic mass is 15.3. The van der Waals surface area contributed by atoms with Gasteiger partial charge >= 0.3 is 0 Å². The molecule has 1 atom stereocenters. The first kappa shape index (κ1) is 14.4. The summed E-state index contributed by atoms with van der Waals surface area (Å²) in [5, 5.41) is 0. The second-order valence-corrected chi connectivity index (χ2v) is 6.48. The fourth-order valence-electron chi connectivity index (χ4n) is 3.37. The van der Waals surface area contributed by atoms with Crippen molar-refractivity contribution in [1.82, 2.24) is 14.5 Å². The fourth-order valence-corrected chi connectivity index (χ4v) is 3.37. The zero-order valence-electron chi connectivity index (χ0n) is 13.1. The van der Waals surface area contributed by atoms with Gasteiger partial charge in [0.15, 0.2) is 5.96 Å². The summed E-state index contributed by atoms with van der Waals surface area (Å²) in [7, 11) is 0. The summed E-state index contributed by atoms with van der Waals surface area (Å²) in [4.78, 5) is 11.5. The highest BCUT2D eigenvalue weighted by Crippen LogP contribution is 2.16. The molecule has 5 heteroatoms. The predicted molar refractivity (Wildman–Crippen MR) is 85.3 cm³/mol. The average molecular weight is 289 g/mol. The normalized spacial score (nSPS) is 23.2. The Morgan fingerprint density at radius 3 is 3.10 bits per heavy atom. The van der Waals surface area contributed by atoms with Crippen molar-refractivity contribution in [3.63, 3.8) is 0 Å². The lowest BCUT2D eigenvalue weighted by molar-refractivity contribution is 0.270. The van der Waals surface area contributed by atoms with Gasteiger partial charge in [-0.15, -0.1) is 0 Å². The van der Waals surface area contributed by atoms with Gasteiger partial charge in [0.1, 0.15) is 5.82 Å². The number of imidazole rings is 1. The molecule has 0 bridgehead atoms. The van der Waals surface area contributed by atoms with Gasteiger partial charge in [0, 0.05) is 45.2 Å². The van der Waals surface area contributed by atoms with E-state index in [9.17, 15) is 0 Å². The monoisotopic (exact) mass is 289 g/mol. The fraction of sp³-hybridized carbons (Fsp3) is 0.750. The van der Waals surface area contributed by atoms with Crippen LogP contribution < -0.4 is 5.73 Å². The van der Waals surface area contributed by atoms with Gasteiger partial charge in [-0.05, 0) is 31.6 Å². The van der Waals surface area contributed by atoms with E-state index in [0.29, 0.717) is 5.96 Å². The molecule has 1 saturated heterocycles. The number of hydrogen-bond acceptors (Lipinski definition) is 2. The maximum atomic E-state index is 6.12. The summed E-state index contributed by atoms with van der Waals surface area (Å²) in [6.45, 7) is 6.26. The molecule has 3 rings (SSSR count). The Kier molecular flexibility index (Phi) is 4.46. The van der Waals surface area contributed by atoms with E-state index in [0.717, 1.165) is 50.6 Å². The Morgan fingerprint density at radius 2 is 2.29 bits per heavy atom. The Balaban J connectivity index is 1.52. The molecule has 0 saturated carbocycles. The van der Waals surface area contributed by atoms with E-state index in [4.69, 9.17) is 10.7 Å². The van der Waals surface area contributed by atoms with E-state index in [-0.39, 0.29) is 0 Å². The SMILES string of the molecule is CC1CCCN(C(N)=NCCc2cn3c(n2)CCCC3)C1. The number of nitrogens with zero attached hydrogens (tertiary/aromatic N) is 4. The summed E-state index contributed by atoms with van der Waals surface area (Å²) in [6, 6.07) is 0. The lowest BCUT2D eigenvalue weighted by atomic mass is 10.0. The van der Waals surface area contributed by atoms with Crippen molar-refractivity contribution < 1.29 is 0 Å². The molecule has 1 aromatic heterocycles. The summed E-state index contributed by atoms with van der Waals surface area (Å²) in [5.74, 6) is 2.69. The van der Waals surface area contributed by atoms with Crippen LogP contribution in [0.3, 0.4) is 0 Å². The molecule has 1 unspecified atom stereocenters. The number of fused-ring (bicyclic) bond motifs is 1. The molecular weight excluding hydrogens is 262 g/mol. The third-order valence-electron chi connectivity index (χ3n) is 4.58. The van der Waals surface area contributed by atoms with Crippen LogP contribution in [0.25, 0.3) is 0 Å². The lowest BCUT2D eigenvalue weighted by Crippen LogP contribution is -2.43. The zero-order valence-corrected chi connectivity index (χ0v) is 13.1. The first-order chi connectivity index (χ1) is 10.2. The molecule has 2 aliphatic heterocycles. The molecule has 0 spiro atoms. The van der Waals surface area contributed by atoms with Crippen molar-refractivity contribution in [2.45, 2.75) is 52.0 Å². The van der Waals surface area contributed by atoms with Gasteiger partial charge in [-0.2, -0.15) is 0 Å². The van der Waals surface area contributed by atoms with Gasteiger partial charge in [-0.3, -0.25) is 4.99 Å². The van der Waals surface area contributed by atoms with Crippen molar-refractivity contribution in [1.29, 1.82) is 0 Å². The minimum Gasteiger partial charge on any atom is -0.370 e. The topological polar surface area (TPSA) is 59.4 Å². The maximum Gasteiger partial charge on any atom is 0.191 e. The molecule has 0 radical (unpaired) electrons. The summed E-state index contributed by atoms with van der Waals surface area (Å²) < 4.78 is 2.30. The van der Waals surface area contributed by atoms with Crippen LogP contribution in [0.2, 0.25) is 0 Å². The average Bonchev–Trinajstić information content (AvgIpc) is 2.89. The van der Waals surface area contributed by atoms with Crippen LogP contribution in [0.1, 0.15) is 44.1 Å². The van der Waals surface area contributed by atoms with Crippen molar-refractivity contribution in [2.75, 3.05) is 19.6 Å². The van der Waals surface area contributed by atoms with Gasteiger partial charge in [0.2, 0.25) is 0 Å². The minimum atomic E-state index is 0.713. The van der Waals surface area contributed by atoms with E-state index in [1.54, 1.807) is 0 Å². The first-order valence-electron chi connectivity index (χ1n) is 8.32. The van der Waals surface area contributed by atoms with Crippen LogP contribution in [0, 0.1) is 5.92 Å². The molecule has 1 fully saturated rings. The van der Waals surface area contributed by atoms with E-state index < -0.39 is 0 Å². The highest BCUT2D eigenvalue weighted by molar-refractivity contribution is 5.78.